The topological polar surface area (TPSA) is 88.2 Å². The molecule has 1 aromatic heterocycles. The molecule has 158 valence electrons. The van der Waals surface area contributed by atoms with E-state index in [9.17, 15) is 4.79 Å². The number of hydrogen-bond acceptors (Lipinski definition) is 7. The van der Waals surface area contributed by atoms with E-state index < -0.39 is 0 Å². The SMILES string of the molecule is CCOc1ccc2ccccc2c1C(=O)Nc1nnc(NCCNc2ccccc2)s1. The number of hydrogen-bond donors (Lipinski definition) is 3. The van der Waals surface area contributed by atoms with Gasteiger partial charge in [0.15, 0.2) is 0 Å². The molecule has 0 aliphatic heterocycles. The van der Waals surface area contributed by atoms with E-state index in [1.807, 2.05) is 73.7 Å². The number of rotatable bonds is 9. The molecule has 0 saturated heterocycles. The van der Waals surface area contributed by atoms with Crippen molar-refractivity contribution in [2.24, 2.45) is 0 Å². The van der Waals surface area contributed by atoms with Gasteiger partial charge in [-0.25, -0.2) is 0 Å². The Hall–Kier alpha value is -3.65. The number of aromatic nitrogens is 2. The highest BCUT2D eigenvalue weighted by molar-refractivity contribution is 7.19. The van der Waals surface area contributed by atoms with E-state index in [0.29, 0.717) is 34.7 Å². The van der Waals surface area contributed by atoms with E-state index in [4.69, 9.17) is 4.74 Å². The Morgan fingerprint density at radius 2 is 1.65 bits per heavy atom. The Bertz CT molecular complexity index is 1160. The van der Waals surface area contributed by atoms with Crippen LogP contribution in [0.25, 0.3) is 10.8 Å². The second-order valence-electron chi connectivity index (χ2n) is 6.68. The summed E-state index contributed by atoms with van der Waals surface area (Å²) >= 11 is 1.29. The van der Waals surface area contributed by atoms with Gasteiger partial charge < -0.3 is 15.4 Å². The Morgan fingerprint density at radius 3 is 2.48 bits per heavy atom. The lowest BCUT2D eigenvalue weighted by Crippen LogP contribution is -2.14. The van der Waals surface area contributed by atoms with Gasteiger partial charge in [-0.1, -0.05) is 59.9 Å². The zero-order chi connectivity index (χ0) is 21.5. The van der Waals surface area contributed by atoms with E-state index in [2.05, 4.69) is 26.1 Å². The second-order valence-corrected chi connectivity index (χ2v) is 7.66. The van der Waals surface area contributed by atoms with Crippen molar-refractivity contribution in [2.45, 2.75) is 6.92 Å². The van der Waals surface area contributed by atoms with E-state index >= 15 is 0 Å². The monoisotopic (exact) mass is 433 g/mol. The maximum atomic E-state index is 13.1. The minimum Gasteiger partial charge on any atom is -0.493 e. The molecule has 0 radical (unpaired) electrons. The number of anilines is 3. The Balaban J connectivity index is 1.40. The Labute approximate surface area is 184 Å². The van der Waals surface area contributed by atoms with Crippen LogP contribution in [0.2, 0.25) is 0 Å². The fourth-order valence-electron chi connectivity index (χ4n) is 3.20. The normalized spacial score (nSPS) is 10.6. The van der Waals surface area contributed by atoms with Crippen molar-refractivity contribution in [1.29, 1.82) is 0 Å². The fraction of sp³-hybridized carbons (Fsp3) is 0.174. The molecular formula is C23H23N5O2S. The van der Waals surface area contributed by atoms with Crippen molar-refractivity contribution in [3.05, 3.63) is 72.3 Å². The van der Waals surface area contributed by atoms with Crippen molar-refractivity contribution in [1.82, 2.24) is 10.2 Å². The van der Waals surface area contributed by atoms with Crippen LogP contribution in [0.1, 0.15) is 17.3 Å². The molecule has 4 aromatic rings. The molecule has 1 heterocycles. The standard InChI is InChI=1S/C23H23N5O2S/c1-2-30-19-13-12-16-8-6-7-11-18(16)20(19)21(29)26-23-28-27-22(31-23)25-15-14-24-17-9-4-3-5-10-17/h3-13,24H,2,14-15H2,1H3,(H,25,27)(H,26,28,29). The lowest BCUT2D eigenvalue weighted by molar-refractivity contribution is 0.102. The van der Waals surface area contributed by atoms with Gasteiger partial charge in [-0.3, -0.25) is 10.1 Å². The summed E-state index contributed by atoms with van der Waals surface area (Å²) in [6.45, 7) is 3.78. The molecule has 3 N–H and O–H groups in total. The minimum atomic E-state index is -0.270. The highest BCUT2D eigenvalue weighted by atomic mass is 32.1. The third-order valence-electron chi connectivity index (χ3n) is 4.57. The van der Waals surface area contributed by atoms with Gasteiger partial charge in [0.1, 0.15) is 5.75 Å². The smallest absolute Gasteiger partial charge is 0.261 e. The minimum absolute atomic E-state index is 0.270. The summed E-state index contributed by atoms with van der Waals surface area (Å²) in [4.78, 5) is 13.1. The van der Waals surface area contributed by atoms with E-state index in [-0.39, 0.29) is 5.91 Å². The lowest BCUT2D eigenvalue weighted by Gasteiger charge is -2.12. The van der Waals surface area contributed by atoms with E-state index in [0.717, 1.165) is 23.0 Å². The number of ether oxygens (including phenoxy) is 1. The van der Waals surface area contributed by atoms with Crippen LogP contribution in [0.4, 0.5) is 16.0 Å². The predicted molar refractivity (Wildman–Crippen MR) is 126 cm³/mol. The molecule has 0 aliphatic rings. The molecule has 8 heteroatoms. The molecule has 0 unspecified atom stereocenters. The average molecular weight is 434 g/mol. The van der Waals surface area contributed by atoms with Crippen molar-refractivity contribution in [2.75, 3.05) is 35.6 Å². The van der Waals surface area contributed by atoms with Crippen molar-refractivity contribution >= 4 is 44.0 Å². The van der Waals surface area contributed by atoms with Gasteiger partial charge in [0.2, 0.25) is 10.3 Å². The van der Waals surface area contributed by atoms with Crippen LogP contribution < -0.4 is 20.7 Å². The molecule has 0 fully saturated rings. The molecule has 3 aromatic carbocycles. The van der Waals surface area contributed by atoms with Gasteiger partial charge in [0, 0.05) is 18.8 Å². The Kier molecular flexibility index (Phi) is 6.59. The highest BCUT2D eigenvalue weighted by Crippen LogP contribution is 2.30. The molecule has 0 spiro atoms. The average Bonchev–Trinajstić information content (AvgIpc) is 3.24. The van der Waals surface area contributed by atoms with Crippen LogP contribution >= 0.6 is 11.3 Å². The van der Waals surface area contributed by atoms with Crippen LogP contribution in [-0.4, -0.2) is 35.8 Å². The molecule has 7 nitrogen and oxygen atoms in total. The van der Waals surface area contributed by atoms with Gasteiger partial charge in [-0.05, 0) is 35.9 Å². The zero-order valence-corrected chi connectivity index (χ0v) is 17.9. The van der Waals surface area contributed by atoms with E-state index in [1.165, 1.54) is 11.3 Å². The molecule has 0 aliphatic carbocycles. The summed E-state index contributed by atoms with van der Waals surface area (Å²) in [6, 6.07) is 21.5. The van der Waals surface area contributed by atoms with Gasteiger partial charge >= 0.3 is 0 Å². The van der Waals surface area contributed by atoms with Gasteiger partial charge in [-0.2, -0.15) is 0 Å². The number of benzene rings is 3. The lowest BCUT2D eigenvalue weighted by atomic mass is 10.0. The van der Waals surface area contributed by atoms with Gasteiger partial charge in [0.05, 0.1) is 12.2 Å². The fourth-order valence-corrected chi connectivity index (χ4v) is 3.86. The third-order valence-corrected chi connectivity index (χ3v) is 5.36. The number of para-hydroxylation sites is 1. The largest absolute Gasteiger partial charge is 0.493 e. The summed E-state index contributed by atoms with van der Waals surface area (Å²) in [5.74, 6) is 0.280. The molecule has 0 saturated carbocycles. The summed E-state index contributed by atoms with van der Waals surface area (Å²) in [5, 5.41) is 20.5. The highest BCUT2D eigenvalue weighted by Gasteiger charge is 2.18. The molecular weight excluding hydrogens is 410 g/mol. The number of carbonyl (C=O) groups is 1. The number of nitrogens with one attached hydrogen (secondary N) is 3. The van der Waals surface area contributed by atoms with Gasteiger partial charge in [-0.15, -0.1) is 10.2 Å². The second kappa shape index (κ2) is 9.90. The first-order valence-corrected chi connectivity index (χ1v) is 10.9. The maximum Gasteiger partial charge on any atom is 0.261 e. The number of amides is 1. The zero-order valence-electron chi connectivity index (χ0n) is 17.1. The summed E-state index contributed by atoms with van der Waals surface area (Å²) in [5.41, 5.74) is 1.56. The number of carbonyl (C=O) groups excluding carboxylic acids is 1. The molecule has 0 atom stereocenters. The van der Waals surface area contributed by atoms with E-state index in [1.54, 1.807) is 0 Å². The number of nitrogens with zero attached hydrogens (tertiary/aromatic N) is 2. The summed E-state index contributed by atoms with van der Waals surface area (Å²) in [7, 11) is 0. The van der Waals surface area contributed by atoms with Crippen molar-refractivity contribution < 1.29 is 9.53 Å². The van der Waals surface area contributed by atoms with Crippen LogP contribution in [0.5, 0.6) is 5.75 Å². The summed E-state index contributed by atoms with van der Waals surface area (Å²) < 4.78 is 5.70. The van der Waals surface area contributed by atoms with Crippen LogP contribution in [-0.2, 0) is 0 Å². The quantitative estimate of drug-likeness (QED) is 0.327. The molecule has 4 rings (SSSR count). The number of fused-ring (bicyclic) bond motifs is 1. The molecule has 1 amide bonds. The first kappa shape index (κ1) is 20.6. The van der Waals surface area contributed by atoms with Crippen LogP contribution in [0.15, 0.2) is 66.7 Å². The summed E-state index contributed by atoms with van der Waals surface area (Å²) in [6.07, 6.45) is 0. The Morgan fingerprint density at radius 1 is 0.903 bits per heavy atom. The first-order valence-electron chi connectivity index (χ1n) is 10.1. The van der Waals surface area contributed by atoms with Crippen LogP contribution in [0, 0.1) is 0 Å². The van der Waals surface area contributed by atoms with Crippen molar-refractivity contribution in [3.63, 3.8) is 0 Å². The van der Waals surface area contributed by atoms with Crippen molar-refractivity contribution in [3.8, 4) is 5.75 Å². The first-order chi connectivity index (χ1) is 15.2. The molecule has 0 bridgehead atoms. The predicted octanol–water partition coefficient (Wildman–Crippen LogP) is 4.87. The third kappa shape index (κ3) is 5.10. The van der Waals surface area contributed by atoms with Crippen LogP contribution in [0.3, 0.4) is 0 Å². The maximum absolute atomic E-state index is 13.1. The molecule has 31 heavy (non-hydrogen) atoms. The van der Waals surface area contributed by atoms with Gasteiger partial charge in [0.25, 0.3) is 5.91 Å².